The number of aromatic nitrogens is 2. The fourth-order valence-electron chi connectivity index (χ4n) is 1.57. The third-order valence-corrected chi connectivity index (χ3v) is 4.07. The van der Waals surface area contributed by atoms with Crippen LogP contribution in [0.5, 0.6) is 0 Å². The quantitative estimate of drug-likeness (QED) is 0.833. The number of hydrogen-bond acceptors (Lipinski definition) is 5. The summed E-state index contributed by atoms with van der Waals surface area (Å²) in [6.45, 7) is 0.292. The summed E-state index contributed by atoms with van der Waals surface area (Å²) in [6, 6.07) is 5.14. The highest BCUT2D eigenvalue weighted by molar-refractivity contribution is 7.89. The molecule has 0 amide bonds. The molecule has 0 aliphatic heterocycles. The third kappa shape index (κ3) is 3.49. The third-order valence-electron chi connectivity index (χ3n) is 2.56. The summed E-state index contributed by atoms with van der Waals surface area (Å²) >= 11 is 0. The van der Waals surface area contributed by atoms with Gasteiger partial charge in [-0.05, 0) is 30.2 Å². The van der Waals surface area contributed by atoms with Crippen LogP contribution in [-0.4, -0.2) is 24.9 Å². The van der Waals surface area contributed by atoms with Crippen molar-refractivity contribution >= 4 is 15.7 Å². The minimum atomic E-state index is -3.61. The van der Waals surface area contributed by atoms with Crippen LogP contribution in [0.1, 0.15) is 5.56 Å². The summed E-state index contributed by atoms with van der Waals surface area (Å²) in [4.78, 5) is 7.67. The lowest BCUT2D eigenvalue weighted by molar-refractivity contribution is 0.581. The van der Waals surface area contributed by atoms with Crippen molar-refractivity contribution in [3.8, 4) is 0 Å². The molecular weight excluding hydrogens is 264 g/mol. The van der Waals surface area contributed by atoms with Crippen molar-refractivity contribution in [1.29, 1.82) is 0 Å². The van der Waals surface area contributed by atoms with Crippen LogP contribution in [0.2, 0.25) is 0 Å². The molecule has 2 rings (SSSR count). The van der Waals surface area contributed by atoms with E-state index >= 15 is 0 Å². The molecule has 0 atom stereocenters. The second-order valence-electron chi connectivity index (χ2n) is 3.92. The topological polar surface area (TPSA) is 98.0 Å². The van der Waals surface area contributed by atoms with Crippen molar-refractivity contribution in [2.75, 3.05) is 12.3 Å². The smallest absolute Gasteiger partial charge is 0.244 e. The molecule has 0 saturated carbocycles. The van der Waals surface area contributed by atoms with Gasteiger partial charge in [-0.2, -0.15) is 0 Å². The van der Waals surface area contributed by atoms with Crippen molar-refractivity contribution in [3.05, 3.63) is 48.5 Å². The lowest BCUT2D eigenvalue weighted by Crippen LogP contribution is -2.26. The molecule has 6 nitrogen and oxygen atoms in total. The minimum Gasteiger partial charge on any atom is -0.398 e. The molecule has 100 valence electrons. The average Bonchev–Trinajstić information content (AvgIpc) is 2.40. The van der Waals surface area contributed by atoms with Crippen LogP contribution in [0.25, 0.3) is 0 Å². The van der Waals surface area contributed by atoms with E-state index in [-0.39, 0.29) is 10.6 Å². The lowest BCUT2D eigenvalue weighted by atomic mass is 10.2. The molecule has 0 saturated heterocycles. The summed E-state index contributed by atoms with van der Waals surface area (Å²) in [7, 11) is -3.61. The van der Waals surface area contributed by atoms with E-state index in [0.717, 1.165) is 5.56 Å². The fourth-order valence-corrected chi connectivity index (χ4v) is 2.68. The summed E-state index contributed by atoms with van der Waals surface area (Å²) in [6.07, 6.45) is 6.61. The van der Waals surface area contributed by atoms with E-state index < -0.39 is 10.0 Å². The first kappa shape index (κ1) is 13.4. The maximum atomic E-state index is 12.0. The normalized spacial score (nSPS) is 11.4. The first-order valence-corrected chi connectivity index (χ1v) is 7.16. The molecule has 0 fully saturated rings. The Morgan fingerprint density at radius 1 is 1.11 bits per heavy atom. The Hall–Kier alpha value is -1.99. The number of hydrogen-bond donors (Lipinski definition) is 2. The van der Waals surface area contributed by atoms with E-state index in [0.29, 0.717) is 13.0 Å². The average molecular weight is 278 g/mol. The van der Waals surface area contributed by atoms with E-state index in [4.69, 9.17) is 5.73 Å². The number of nitrogens with zero attached hydrogens (tertiary/aromatic N) is 2. The first-order valence-electron chi connectivity index (χ1n) is 5.67. The summed E-state index contributed by atoms with van der Waals surface area (Å²) in [5.41, 5.74) is 6.82. The van der Waals surface area contributed by atoms with Crippen molar-refractivity contribution in [1.82, 2.24) is 14.7 Å². The highest BCUT2D eigenvalue weighted by Crippen LogP contribution is 2.15. The van der Waals surface area contributed by atoms with Crippen molar-refractivity contribution < 1.29 is 8.42 Å². The predicted molar refractivity (Wildman–Crippen MR) is 71.8 cm³/mol. The van der Waals surface area contributed by atoms with Crippen LogP contribution in [0.15, 0.2) is 47.9 Å². The molecule has 2 aromatic rings. The number of nitrogens with two attached hydrogens (primary N) is 1. The molecule has 2 aromatic heterocycles. The van der Waals surface area contributed by atoms with Gasteiger partial charge in [0, 0.05) is 31.3 Å². The molecule has 0 aliphatic carbocycles. The highest BCUT2D eigenvalue weighted by atomic mass is 32.2. The van der Waals surface area contributed by atoms with Gasteiger partial charge in [-0.1, -0.05) is 0 Å². The number of rotatable bonds is 5. The number of sulfonamides is 1. The molecule has 0 unspecified atom stereocenters. The maximum absolute atomic E-state index is 12.0. The second kappa shape index (κ2) is 5.77. The first-order chi connectivity index (χ1) is 9.09. The maximum Gasteiger partial charge on any atom is 0.244 e. The van der Waals surface area contributed by atoms with Crippen molar-refractivity contribution in [2.24, 2.45) is 0 Å². The number of pyridine rings is 2. The SMILES string of the molecule is Nc1ccncc1S(=O)(=O)NCCc1ccncc1. The number of anilines is 1. The highest BCUT2D eigenvalue weighted by Gasteiger charge is 2.16. The van der Waals surface area contributed by atoms with Gasteiger partial charge in [-0.3, -0.25) is 9.97 Å². The predicted octanol–water partition coefficient (Wildman–Crippen LogP) is 0.580. The van der Waals surface area contributed by atoms with Gasteiger partial charge >= 0.3 is 0 Å². The van der Waals surface area contributed by atoms with Crippen LogP contribution >= 0.6 is 0 Å². The van der Waals surface area contributed by atoms with Crippen LogP contribution in [0.3, 0.4) is 0 Å². The van der Waals surface area contributed by atoms with Gasteiger partial charge in [0.05, 0.1) is 5.69 Å². The summed E-state index contributed by atoms with van der Waals surface area (Å²) in [5, 5.41) is 0. The molecule has 19 heavy (non-hydrogen) atoms. The van der Waals surface area contributed by atoms with Gasteiger partial charge in [0.2, 0.25) is 10.0 Å². The Morgan fingerprint density at radius 2 is 1.79 bits per heavy atom. The summed E-state index contributed by atoms with van der Waals surface area (Å²) < 4.78 is 26.5. The Labute approximate surface area is 111 Å². The van der Waals surface area contributed by atoms with Gasteiger partial charge < -0.3 is 5.73 Å². The molecule has 3 N–H and O–H groups in total. The van der Waals surface area contributed by atoms with Gasteiger partial charge in [0.1, 0.15) is 4.90 Å². The molecule has 0 spiro atoms. The molecule has 0 aromatic carbocycles. The number of nitrogens with one attached hydrogen (secondary N) is 1. The Bertz CT molecular complexity index is 644. The van der Waals surface area contributed by atoms with E-state index in [1.807, 2.05) is 12.1 Å². The van der Waals surface area contributed by atoms with Crippen LogP contribution in [-0.2, 0) is 16.4 Å². The Kier molecular flexibility index (Phi) is 4.08. The Morgan fingerprint density at radius 3 is 2.47 bits per heavy atom. The molecule has 0 aliphatic rings. The van der Waals surface area contributed by atoms with Crippen LogP contribution in [0, 0.1) is 0 Å². The van der Waals surface area contributed by atoms with Crippen molar-refractivity contribution in [2.45, 2.75) is 11.3 Å². The van der Waals surface area contributed by atoms with Gasteiger partial charge in [0.25, 0.3) is 0 Å². The zero-order valence-corrected chi connectivity index (χ0v) is 11.0. The summed E-state index contributed by atoms with van der Waals surface area (Å²) in [5.74, 6) is 0. The van der Waals surface area contributed by atoms with E-state index in [1.165, 1.54) is 18.5 Å². The van der Waals surface area contributed by atoms with Crippen LogP contribution < -0.4 is 10.5 Å². The molecular formula is C12H14N4O2S. The standard InChI is InChI=1S/C12H14N4O2S/c13-11-4-7-15-9-12(11)19(17,18)16-8-3-10-1-5-14-6-2-10/h1-2,4-7,9,16H,3,8H2,(H2,13,15). The Balaban J connectivity index is 2.01. The molecule has 0 radical (unpaired) electrons. The minimum absolute atomic E-state index is 0.00438. The van der Waals surface area contributed by atoms with Gasteiger partial charge in [-0.25, -0.2) is 13.1 Å². The van der Waals surface area contributed by atoms with E-state index in [2.05, 4.69) is 14.7 Å². The van der Waals surface area contributed by atoms with Gasteiger partial charge in [0.15, 0.2) is 0 Å². The lowest BCUT2D eigenvalue weighted by Gasteiger charge is -2.08. The molecule has 0 bridgehead atoms. The van der Waals surface area contributed by atoms with E-state index in [9.17, 15) is 8.42 Å². The largest absolute Gasteiger partial charge is 0.398 e. The fraction of sp³-hybridized carbons (Fsp3) is 0.167. The zero-order valence-electron chi connectivity index (χ0n) is 10.2. The van der Waals surface area contributed by atoms with Crippen molar-refractivity contribution in [3.63, 3.8) is 0 Å². The monoisotopic (exact) mass is 278 g/mol. The van der Waals surface area contributed by atoms with E-state index in [1.54, 1.807) is 12.4 Å². The second-order valence-corrected chi connectivity index (χ2v) is 5.65. The van der Waals surface area contributed by atoms with Crippen LogP contribution in [0.4, 0.5) is 5.69 Å². The zero-order chi connectivity index (χ0) is 13.7. The number of nitrogen functional groups attached to an aromatic ring is 1. The molecule has 7 heteroatoms. The van der Waals surface area contributed by atoms with Gasteiger partial charge in [-0.15, -0.1) is 0 Å². The molecule has 2 heterocycles.